The van der Waals surface area contributed by atoms with Crippen molar-refractivity contribution in [3.8, 4) is 11.4 Å². The summed E-state index contributed by atoms with van der Waals surface area (Å²) in [7, 11) is 0. The second kappa shape index (κ2) is 7.39. The molecule has 0 saturated heterocycles. The van der Waals surface area contributed by atoms with Gasteiger partial charge in [0.1, 0.15) is 11.0 Å². The van der Waals surface area contributed by atoms with Gasteiger partial charge in [0.05, 0.1) is 22.4 Å². The normalized spacial score (nSPS) is 11.4. The number of rotatable bonds is 4. The lowest BCUT2D eigenvalue weighted by Gasteiger charge is -2.07. The van der Waals surface area contributed by atoms with Crippen molar-refractivity contribution in [1.82, 2.24) is 35.0 Å². The molecule has 6 rings (SSSR count). The van der Waals surface area contributed by atoms with Crippen LogP contribution in [0.15, 0.2) is 85.2 Å². The smallest absolute Gasteiger partial charge is 0.117 e. The summed E-state index contributed by atoms with van der Waals surface area (Å²) in [6, 6.07) is 24.6. The molecule has 7 heteroatoms. The van der Waals surface area contributed by atoms with Crippen LogP contribution in [0.1, 0.15) is 16.7 Å². The molecule has 7 nitrogen and oxygen atoms in total. The number of aromatic nitrogens is 7. The molecule has 154 valence electrons. The Morgan fingerprint density at radius 3 is 2.22 bits per heavy atom. The first-order chi connectivity index (χ1) is 15.8. The lowest BCUT2D eigenvalue weighted by molar-refractivity contribution is 0.821. The third-order valence-electron chi connectivity index (χ3n) is 5.70. The van der Waals surface area contributed by atoms with Crippen molar-refractivity contribution in [2.45, 2.75) is 13.3 Å². The molecule has 32 heavy (non-hydrogen) atoms. The van der Waals surface area contributed by atoms with Crippen molar-refractivity contribution in [2.75, 3.05) is 0 Å². The monoisotopic (exact) mass is 417 g/mol. The fraction of sp³-hybridized carbons (Fsp3) is 0.0800. The second-order valence-corrected chi connectivity index (χ2v) is 7.78. The topological polar surface area (TPSA) is 74.3 Å². The van der Waals surface area contributed by atoms with Gasteiger partial charge in [0.25, 0.3) is 0 Å². The van der Waals surface area contributed by atoms with E-state index >= 15 is 0 Å². The van der Waals surface area contributed by atoms with Gasteiger partial charge in [-0.2, -0.15) is 0 Å². The van der Waals surface area contributed by atoms with Gasteiger partial charge in [-0.3, -0.25) is 4.98 Å². The first-order valence-electron chi connectivity index (χ1n) is 10.4. The molecule has 0 fully saturated rings. The summed E-state index contributed by atoms with van der Waals surface area (Å²) in [5, 5.41) is 17.6. The van der Waals surface area contributed by atoms with Gasteiger partial charge in [-0.15, -0.1) is 10.2 Å². The van der Waals surface area contributed by atoms with E-state index in [1.807, 2.05) is 39.7 Å². The summed E-state index contributed by atoms with van der Waals surface area (Å²) in [5.74, 6) is 0. The summed E-state index contributed by atoms with van der Waals surface area (Å²) in [4.78, 5) is 4.09. The van der Waals surface area contributed by atoms with Crippen LogP contribution in [0, 0.1) is 6.92 Å². The fourth-order valence-corrected chi connectivity index (χ4v) is 4.11. The average molecular weight is 417 g/mol. The van der Waals surface area contributed by atoms with Crippen molar-refractivity contribution in [2.24, 2.45) is 0 Å². The highest BCUT2D eigenvalue weighted by atomic mass is 15.4. The first kappa shape index (κ1) is 18.4. The number of aryl methyl sites for hydroxylation is 1. The molecule has 0 atom stereocenters. The minimum atomic E-state index is 0.742. The van der Waals surface area contributed by atoms with Crippen LogP contribution in [-0.2, 0) is 6.42 Å². The minimum Gasteiger partial charge on any atom is -0.265 e. The quantitative estimate of drug-likeness (QED) is 0.424. The predicted molar refractivity (Wildman–Crippen MR) is 123 cm³/mol. The van der Waals surface area contributed by atoms with Crippen LogP contribution in [-0.4, -0.2) is 35.0 Å². The Labute approximate surface area is 184 Å². The minimum absolute atomic E-state index is 0.742. The summed E-state index contributed by atoms with van der Waals surface area (Å²) in [6.07, 6.45) is 4.26. The van der Waals surface area contributed by atoms with Crippen molar-refractivity contribution >= 4 is 22.1 Å². The molecule has 0 unspecified atom stereocenters. The Hall–Kier alpha value is -4.39. The highest BCUT2D eigenvalue weighted by molar-refractivity contribution is 5.81. The lowest BCUT2D eigenvalue weighted by Crippen LogP contribution is -1.99. The fourth-order valence-electron chi connectivity index (χ4n) is 4.11. The molecule has 0 aliphatic heterocycles. The van der Waals surface area contributed by atoms with Crippen molar-refractivity contribution < 1.29 is 0 Å². The van der Waals surface area contributed by atoms with Crippen LogP contribution in [0.3, 0.4) is 0 Å². The number of fused-ring (bicyclic) bond motifs is 2. The van der Waals surface area contributed by atoms with E-state index < -0.39 is 0 Å². The average Bonchev–Trinajstić information content (AvgIpc) is 3.46. The summed E-state index contributed by atoms with van der Waals surface area (Å²) < 4.78 is 3.74. The Balaban J connectivity index is 1.38. The molecule has 3 heterocycles. The van der Waals surface area contributed by atoms with E-state index in [0.717, 1.165) is 51.0 Å². The number of hydrogen-bond acceptors (Lipinski definition) is 5. The number of nitrogens with zero attached hydrogens (tertiary/aromatic N) is 7. The molecule has 0 aliphatic rings. The van der Waals surface area contributed by atoms with Gasteiger partial charge in [0.2, 0.25) is 0 Å². The summed E-state index contributed by atoms with van der Waals surface area (Å²) in [6.45, 7) is 2.05. The Morgan fingerprint density at radius 1 is 0.688 bits per heavy atom. The van der Waals surface area contributed by atoms with Gasteiger partial charge in [-0.05, 0) is 66.4 Å². The maximum Gasteiger partial charge on any atom is 0.117 e. The zero-order valence-electron chi connectivity index (χ0n) is 17.4. The largest absolute Gasteiger partial charge is 0.265 e. The molecule has 6 aromatic rings. The van der Waals surface area contributed by atoms with E-state index in [9.17, 15) is 0 Å². The van der Waals surface area contributed by atoms with E-state index in [1.54, 1.807) is 12.4 Å². The molecule has 0 radical (unpaired) electrons. The standard InChI is InChI=1S/C25H19N7/c1-17-5-2-9-22-24(17)27-29-32(22)21-8-3-6-18(16-21)15-19-7-4-10-23-25(19)28-30-31(23)20-11-13-26-14-12-20/h2-14,16H,15H2,1H3. The first-order valence-corrected chi connectivity index (χ1v) is 10.4. The van der Waals surface area contributed by atoms with Crippen LogP contribution in [0.2, 0.25) is 0 Å². The van der Waals surface area contributed by atoms with Gasteiger partial charge >= 0.3 is 0 Å². The van der Waals surface area contributed by atoms with Crippen LogP contribution in [0.4, 0.5) is 0 Å². The molecule has 0 N–H and O–H groups in total. The molecule has 0 aliphatic carbocycles. The zero-order chi connectivity index (χ0) is 21.5. The summed E-state index contributed by atoms with van der Waals surface area (Å²) in [5.41, 5.74) is 9.15. The third-order valence-corrected chi connectivity index (χ3v) is 5.70. The molecule has 3 aromatic carbocycles. The van der Waals surface area contributed by atoms with E-state index in [1.165, 1.54) is 5.56 Å². The van der Waals surface area contributed by atoms with Gasteiger partial charge < -0.3 is 0 Å². The van der Waals surface area contributed by atoms with E-state index in [0.29, 0.717) is 0 Å². The van der Waals surface area contributed by atoms with Crippen molar-refractivity contribution in [1.29, 1.82) is 0 Å². The molecule has 0 bridgehead atoms. The van der Waals surface area contributed by atoms with Crippen molar-refractivity contribution in [3.63, 3.8) is 0 Å². The second-order valence-electron chi connectivity index (χ2n) is 7.78. The summed E-state index contributed by atoms with van der Waals surface area (Å²) >= 11 is 0. The Kier molecular flexibility index (Phi) is 4.24. The Morgan fingerprint density at radius 2 is 1.38 bits per heavy atom. The van der Waals surface area contributed by atoms with Gasteiger partial charge in [-0.1, -0.05) is 46.8 Å². The lowest BCUT2D eigenvalue weighted by atomic mass is 10.0. The van der Waals surface area contributed by atoms with Gasteiger partial charge in [-0.25, -0.2) is 9.36 Å². The highest BCUT2D eigenvalue weighted by Crippen LogP contribution is 2.24. The molecular formula is C25H19N7. The Bertz CT molecular complexity index is 1560. The van der Waals surface area contributed by atoms with E-state index in [-0.39, 0.29) is 0 Å². The number of hydrogen-bond donors (Lipinski definition) is 0. The van der Waals surface area contributed by atoms with Gasteiger partial charge in [0, 0.05) is 12.4 Å². The molecule has 0 spiro atoms. The predicted octanol–water partition coefficient (Wildman–Crippen LogP) is 4.45. The van der Waals surface area contributed by atoms with Crippen LogP contribution < -0.4 is 0 Å². The van der Waals surface area contributed by atoms with E-state index in [4.69, 9.17) is 0 Å². The molecular weight excluding hydrogens is 398 g/mol. The molecule has 3 aromatic heterocycles. The van der Waals surface area contributed by atoms with Gasteiger partial charge in [0.15, 0.2) is 0 Å². The third kappa shape index (κ3) is 3.02. The van der Waals surface area contributed by atoms with E-state index in [2.05, 4.69) is 75.0 Å². The zero-order valence-corrected chi connectivity index (χ0v) is 17.4. The molecule has 0 saturated carbocycles. The van der Waals surface area contributed by atoms with Crippen molar-refractivity contribution in [3.05, 3.63) is 102 Å². The maximum absolute atomic E-state index is 4.48. The van der Waals surface area contributed by atoms with Crippen LogP contribution in [0.25, 0.3) is 33.4 Å². The highest BCUT2D eigenvalue weighted by Gasteiger charge is 2.12. The molecule has 0 amide bonds. The van der Waals surface area contributed by atoms with Crippen LogP contribution >= 0.6 is 0 Å². The maximum atomic E-state index is 4.48. The number of benzene rings is 3. The van der Waals surface area contributed by atoms with Crippen LogP contribution in [0.5, 0.6) is 0 Å². The SMILES string of the molecule is Cc1cccc2c1nnn2-c1cccc(Cc2cccc3c2nnn3-c2ccncc2)c1. The number of pyridine rings is 1.